The first-order chi connectivity index (χ1) is 13.4. The van der Waals surface area contributed by atoms with Gasteiger partial charge in [0.05, 0.1) is 13.7 Å². The van der Waals surface area contributed by atoms with Crippen LogP contribution in [-0.2, 0) is 21.7 Å². The van der Waals surface area contributed by atoms with Crippen molar-refractivity contribution in [2.75, 3.05) is 13.7 Å². The molecule has 1 aromatic heterocycles. The van der Waals surface area contributed by atoms with Crippen LogP contribution >= 0.6 is 11.3 Å². The first-order valence-electron chi connectivity index (χ1n) is 8.79. The Balaban J connectivity index is 1.53. The van der Waals surface area contributed by atoms with Gasteiger partial charge in [0, 0.05) is 16.1 Å². The Bertz CT molecular complexity index is 946. The third kappa shape index (κ3) is 4.68. The van der Waals surface area contributed by atoms with Crippen molar-refractivity contribution in [3.05, 3.63) is 65.0 Å². The number of nitrogens with one attached hydrogen (secondary N) is 2. The van der Waals surface area contributed by atoms with Crippen molar-refractivity contribution < 1.29 is 19.4 Å². The van der Waals surface area contributed by atoms with Gasteiger partial charge in [0.25, 0.3) is 0 Å². The summed E-state index contributed by atoms with van der Waals surface area (Å²) in [6.07, 6.45) is 0. The molecule has 2 aromatic carbocycles. The molecular weight excluding hydrogens is 376 g/mol. The van der Waals surface area contributed by atoms with Crippen LogP contribution in [0.5, 0.6) is 5.75 Å². The summed E-state index contributed by atoms with van der Waals surface area (Å²) in [5, 5.41) is 16.8. The lowest BCUT2D eigenvalue weighted by molar-refractivity contribution is -0.139. The Labute approximate surface area is 167 Å². The maximum atomic E-state index is 12.1. The van der Waals surface area contributed by atoms with Crippen LogP contribution < -0.4 is 15.4 Å². The van der Waals surface area contributed by atoms with Crippen molar-refractivity contribution in [3.63, 3.8) is 0 Å². The SMILES string of the molecule is COc1ccc(CNC(=O)C(=O)NCC(C)(O)c2cc3ccccc3s2)cc1. The van der Waals surface area contributed by atoms with Crippen molar-refractivity contribution in [2.24, 2.45) is 0 Å². The number of carbonyl (C=O) groups is 2. The van der Waals surface area contributed by atoms with Crippen LogP contribution in [0.4, 0.5) is 0 Å². The molecule has 7 heteroatoms. The van der Waals surface area contributed by atoms with Crippen LogP contribution in [0.3, 0.4) is 0 Å². The fraction of sp³-hybridized carbons (Fsp3) is 0.238. The van der Waals surface area contributed by atoms with E-state index in [-0.39, 0.29) is 13.1 Å². The van der Waals surface area contributed by atoms with Crippen LogP contribution in [0.25, 0.3) is 10.1 Å². The normalized spacial score (nSPS) is 13.0. The smallest absolute Gasteiger partial charge is 0.309 e. The van der Waals surface area contributed by atoms with E-state index in [9.17, 15) is 14.7 Å². The molecule has 1 heterocycles. The van der Waals surface area contributed by atoms with E-state index in [1.807, 2.05) is 42.5 Å². The van der Waals surface area contributed by atoms with Gasteiger partial charge in [-0.15, -0.1) is 11.3 Å². The van der Waals surface area contributed by atoms with E-state index in [0.717, 1.165) is 26.3 Å². The Morgan fingerprint density at radius 1 is 1.07 bits per heavy atom. The number of amides is 2. The van der Waals surface area contributed by atoms with E-state index in [4.69, 9.17) is 4.74 Å². The number of aliphatic hydroxyl groups is 1. The van der Waals surface area contributed by atoms with Crippen molar-refractivity contribution in [3.8, 4) is 5.75 Å². The fourth-order valence-electron chi connectivity index (χ4n) is 2.67. The number of methoxy groups -OCH3 is 1. The number of benzene rings is 2. The Morgan fingerprint density at radius 3 is 2.43 bits per heavy atom. The molecule has 28 heavy (non-hydrogen) atoms. The van der Waals surface area contributed by atoms with Crippen LogP contribution in [0, 0.1) is 0 Å². The maximum absolute atomic E-state index is 12.1. The van der Waals surface area contributed by atoms with Crippen LogP contribution in [-0.4, -0.2) is 30.6 Å². The summed E-state index contributed by atoms with van der Waals surface area (Å²) in [6, 6.07) is 16.9. The zero-order valence-corrected chi connectivity index (χ0v) is 16.5. The monoisotopic (exact) mass is 398 g/mol. The summed E-state index contributed by atoms with van der Waals surface area (Å²) in [5.74, 6) is -0.811. The topological polar surface area (TPSA) is 87.7 Å². The van der Waals surface area contributed by atoms with Gasteiger partial charge in [0.1, 0.15) is 11.4 Å². The third-order valence-electron chi connectivity index (χ3n) is 4.37. The molecule has 0 saturated heterocycles. The summed E-state index contributed by atoms with van der Waals surface area (Å²) in [5.41, 5.74) is -0.422. The first kappa shape index (κ1) is 19.9. The molecule has 2 amide bonds. The molecule has 1 unspecified atom stereocenters. The lowest BCUT2D eigenvalue weighted by atomic mass is 10.0. The number of thiophene rings is 1. The summed E-state index contributed by atoms with van der Waals surface area (Å²) in [7, 11) is 1.58. The number of ether oxygens (including phenoxy) is 1. The molecular formula is C21H22N2O4S. The number of carbonyl (C=O) groups excluding carboxylic acids is 2. The molecule has 0 aliphatic heterocycles. The van der Waals surface area contributed by atoms with Gasteiger partial charge in [0.2, 0.25) is 0 Å². The molecule has 0 aliphatic carbocycles. The molecule has 0 radical (unpaired) electrons. The Morgan fingerprint density at radius 2 is 1.75 bits per heavy atom. The highest BCUT2D eigenvalue weighted by molar-refractivity contribution is 7.19. The summed E-state index contributed by atoms with van der Waals surface area (Å²) in [4.78, 5) is 24.8. The summed E-state index contributed by atoms with van der Waals surface area (Å²) in [6.45, 7) is 1.78. The zero-order chi connectivity index (χ0) is 20.1. The van der Waals surface area contributed by atoms with Gasteiger partial charge in [0.15, 0.2) is 0 Å². The van der Waals surface area contributed by atoms with E-state index >= 15 is 0 Å². The zero-order valence-electron chi connectivity index (χ0n) is 15.7. The molecule has 0 saturated carbocycles. The van der Waals surface area contributed by atoms with E-state index in [2.05, 4.69) is 10.6 Å². The molecule has 3 rings (SSSR count). The lowest BCUT2D eigenvalue weighted by Crippen LogP contribution is -2.45. The number of hydrogen-bond donors (Lipinski definition) is 3. The van der Waals surface area contributed by atoms with Crippen LogP contribution in [0.15, 0.2) is 54.6 Å². The molecule has 3 aromatic rings. The molecule has 146 valence electrons. The molecule has 6 nitrogen and oxygen atoms in total. The second-order valence-corrected chi connectivity index (χ2v) is 7.72. The molecule has 0 spiro atoms. The van der Waals surface area contributed by atoms with Crippen molar-refractivity contribution in [2.45, 2.75) is 19.1 Å². The third-order valence-corrected chi connectivity index (χ3v) is 5.74. The van der Waals surface area contributed by atoms with E-state index in [0.29, 0.717) is 0 Å². The summed E-state index contributed by atoms with van der Waals surface area (Å²) < 4.78 is 6.13. The van der Waals surface area contributed by atoms with Crippen molar-refractivity contribution >= 4 is 33.2 Å². The highest BCUT2D eigenvalue weighted by Gasteiger charge is 2.27. The summed E-state index contributed by atoms with van der Waals surface area (Å²) >= 11 is 1.46. The minimum atomic E-state index is -1.27. The minimum Gasteiger partial charge on any atom is -0.497 e. The first-order valence-corrected chi connectivity index (χ1v) is 9.61. The van der Waals surface area contributed by atoms with Crippen molar-refractivity contribution in [1.82, 2.24) is 10.6 Å². The van der Waals surface area contributed by atoms with Crippen LogP contribution in [0.2, 0.25) is 0 Å². The number of fused-ring (bicyclic) bond motifs is 1. The van der Waals surface area contributed by atoms with Gasteiger partial charge >= 0.3 is 11.8 Å². The van der Waals surface area contributed by atoms with Gasteiger partial charge in [-0.25, -0.2) is 0 Å². The average Bonchev–Trinajstić information content (AvgIpc) is 3.16. The second kappa shape index (κ2) is 8.41. The van der Waals surface area contributed by atoms with E-state index in [1.165, 1.54) is 11.3 Å². The fourth-order valence-corrected chi connectivity index (χ4v) is 3.78. The molecule has 0 aliphatic rings. The molecule has 1 atom stereocenters. The number of rotatable bonds is 6. The maximum Gasteiger partial charge on any atom is 0.309 e. The highest BCUT2D eigenvalue weighted by Crippen LogP contribution is 2.32. The van der Waals surface area contributed by atoms with Gasteiger partial charge in [-0.3, -0.25) is 9.59 Å². The standard InChI is InChI=1S/C21H22N2O4S/c1-21(26,18-11-15-5-3-4-6-17(15)28-18)13-23-20(25)19(24)22-12-14-7-9-16(27-2)10-8-14/h3-11,26H,12-13H2,1-2H3,(H,22,24)(H,23,25). The second-order valence-electron chi connectivity index (χ2n) is 6.64. The van der Waals surface area contributed by atoms with Gasteiger partial charge < -0.3 is 20.5 Å². The van der Waals surface area contributed by atoms with Gasteiger partial charge in [-0.05, 0) is 42.1 Å². The average molecular weight is 398 g/mol. The number of hydrogen-bond acceptors (Lipinski definition) is 5. The molecule has 3 N–H and O–H groups in total. The molecule has 0 fully saturated rings. The predicted octanol–water partition coefficient (Wildman–Crippen LogP) is 2.55. The van der Waals surface area contributed by atoms with E-state index in [1.54, 1.807) is 26.2 Å². The van der Waals surface area contributed by atoms with Gasteiger partial charge in [-0.1, -0.05) is 30.3 Å². The Kier molecular flexibility index (Phi) is 5.96. The molecule has 0 bridgehead atoms. The predicted molar refractivity (Wildman–Crippen MR) is 109 cm³/mol. The highest BCUT2D eigenvalue weighted by atomic mass is 32.1. The quantitative estimate of drug-likeness (QED) is 0.557. The van der Waals surface area contributed by atoms with Crippen LogP contribution in [0.1, 0.15) is 17.4 Å². The Hall–Kier alpha value is -2.90. The van der Waals surface area contributed by atoms with E-state index < -0.39 is 17.4 Å². The lowest BCUT2D eigenvalue weighted by Gasteiger charge is -2.22. The largest absolute Gasteiger partial charge is 0.497 e. The van der Waals surface area contributed by atoms with Crippen molar-refractivity contribution in [1.29, 1.82) is 0 Å². The van der Waals surface area contributed by atoms with Gasteiger partial charge in [-0.2, -0.15) is 0 Å². The minimum absolute atomic E-state index is 0.0609.